The standard InChI is InChI=1S/C18H25N7O3S/c1-23(18(26)19-13-7-8-29(27,28)11-13)14-9-24(10-14)16-6-5-15-20-21-17(25(15)22-16)12-3-2-4-12/h5-6,12-14H,2-4,7-11H2,1H3,(H,19,26). The molecule has 4 heterocycles. The summed E-state index contributed by atoms with van der Waals surface area (Å²) in [6, 6.07) is 3.44. The van der Waals surface area contributed by atoms with Gasteiger partial charge in [0.25, 0.3) is 0 Å². The van der Waals surface area contributed by atoms with Crippen molar-refractivity contribution in [2.45, 2.75) is 43.7 Å². The van der Waals surface area contributed by atoms with Crippen molar-refractivity contribution in [3.8, 4) is 0 Å². The summed E-state index contributed by atoms with van der Waals surface area (Å²) in [5, 5.41) is 16.1. The van der Waals surface area contributed by atoms with Crippen molar-refractivity contribution in [2.75, 3.05) is 36.5 Å². The Hall–Kier alpha value is -2.43. The van der Waals surface area contributed by atoms with E-state index < -0.39 is 9.84 Å². The minimum absolute atomic E-state index is 0.0373. The van der Waals surface area contributed by atoms with Gasteiger partial charge in [-0.1, -0.05) is 6.42 Å². The SMILES string of the molecule is CN(C(=O)NC1CCS(=O)(=O)C1)C1CN(c2ccc3nnc(C4CCC4)n3n2)C1. The average molecular weight is 420 g/mol. The van der Waals surface area contributed by atoms with Gasteiger partial charge < -0.3 is 15.1 Å². The van der Waals surface area contributed by atoms with Gasteiger partial charge in [-0.05, 0) is 31.4 Å². The number of fused-ring (bicyclic) bond motifs is 1. The van der Waals surface area contributed by atoms with E-state index in [2.05, 4.69) is 20.4 Å². The number of carbonyl (C=O) groups is 1. The summed E-state index contributed by atoms with van der Waals surface area (Å²) in [6.07, 6.45) is 4.00. The average Bonchev–Trinajstić information content (AvgIpc) is 3.15. The van der Waals surface area contributed by atoms with Gasteiger partial charge >= 0.3 is 6.03 Å². The number of nitrogens with one attached hydrogen (secondary N) is 1. The van der Waals surface area contributed by atoms with E-state index in [0.717, 1.165) is 30.1 Å². The fourth-order valence-electron chi connectivity index (χ4n) is 4.12. The molecule has 2 aliphatic heterocycles. The maximum Gasteiger partial charge on any atom is 0.317 e. The summed E-state index contributed by atoms with van der Waals surface area (Å²) in [4.78, 5) is 16.2. The number of nitrogens with zero attached hydrogens (tertiary/aromatic N) is 6. The number of anilines is 1. The molecule has 0 spiro atoms. The second-order valence-electron chi connectivity index (χ2n) is 8.37. The Morgan fingerprint density at radius 3 is 2.66 bits per heavy atom. The predicted molar refractivity (Wildman–Crippen MR) is 107 cm³/mol. The van der Waals surface area contributed by atoms with Gasteiger partial charge in [-0.15, -0.1) is 15.3 Å². The summed E-state index contributed by atoms with van der Waals surface area (Å²) in [6.45, 7) is 1.37. The Morgan fingerprint density at radius 2 is 2.00 bits per heavy atom. The van der Waals surface area contributed by atoms with Gasteiger partial charge in [0, 0.05) is 32.1 Å². The van der Waals surface area contributed by atoms with Crippen LogP contribution in [-0.2, 0) is 9.84 Å². The lowest BCUT2D eigenvalue weighted by Gasteiger charge is -2.44. The zero-order valence-electron chi connectivity index (χ0n) is 16.4. The summed E-state index contributed by atoms with van der Waals surface area (Å²) in [5.41, 5.74) is 0.760. The number of hydrogen-bond donors (Lipinski definition) is 1. The van der Waals surface area contributed by atoms with Crippen LogP contribution >= 0.6 is 0 Å². The Morgan fingerprint density at radius 1 is 1.21 bits per heavy atom. The van der Waals surface area contributed by atoms with Crippen LogP contribution in [0.1, 0.15) is 37.4 Å². The Bertz CT molecular complexity index is 1040. The number of aromatic nitrogens is 4. The molecule has 1 atom stereocenters. The molecule has 2 amide bonds. The molecule has 156 valence electrons. The normalized spacial score (nSPS) is 24.3. The molecule has 2 aromatic heterocycles. The summed E-state index contributed by atoms with van der Waals surface area (Å²) >= 11 is 0. The first-order valence-corrected chi connectivity index (χ1v) is 11.9. The number of carbonyl (C=O) groups excluding carboxylic acids is 1. The van der Waals surface area contributed by atoms with E-state index in [1.807, 2.05) is 16.6 Å². The van der Waals surface area contributed by atoms with Gasteiger partial charge in [0.1, 0.15) is 5.82 Å². The molecule has 1 saturated carbocycles. The monoisotopic (exact) mass is 419 g/mol. The number of rotatable bonds is 4. The van der Waals surface area contributed by atoms with Crippen LogP contribution in [0.5, 0.6) is 0 Å². The lowest BCUT2D eigenvalue weighted by atomic mass is 9.85. The maximum atomic E-state index is 12.5. The first-order valence-electron chi connectivity index (χ1n) is 10.1. The molecule has 2 aromatic rings. The predicted octanol–water partition coefficient (Wildman–Crippen LogP) is 0.409. The Kier molecular flexibility index (Phi) is 4.37. The quantitative estimate of drug-likeness (QED) is 0.764. The van der Waals surface area contributed by atoms with Crippen molar-refractivity contribution in [1.82, 2.24) is 30.0 Å². The van der Waals surface area contributed by atoms with Crippen LogP contribution in [0.4, 0.5) is 10.6 Å². The number of hydrogen-bond acceptors (Lipinski definition) is 7. The second-order valence-corrected chi connectivity index (χ2v) is 10.6. The van der Waals surface area contributed by atoms with Gasteiger partial charge in [-0.25, -0.2) is 13.2 Å². The van der Waals surface area contributed by atoms with E-state index in [0.29, 0.717) is 25.4 Å². The minimum Gasteiger partial charge on any atom is -0.351 e. The van der Waals surface area contributed by atoms with Crippen molar-refractivity contribution in [3.05, 3.63) is 18.0 Å². The molecule has 1 unspecified atom stereocenters. The Labute approximate surface area is 169 Å². The lowest BCUT2D eigenvalue weighted by Crippen LogP contribution is -2.62. The van der Waals surface area contributed by atoms with Crippen molar-refractivity contribution in [1.29, 1.82) is 0 Å². The van der Waals surface area contributed by atoms with Crippen LogP contribution in [0, 0.1) is 0 Å². The van der Waals surface area contributed by atoms with Crippen molar-refractivity contribution >= 4 is 27.3 Å². The molecule has 10 nitrogen and oxygen atoms in total. The topological polar surface area (TPSA) is 113 Å². The third-order valence-electron chi connectivity index (χ3n) is 6.36. The van der Waals surface area contributed by atoms with Crippen LogP contribution in [0.15, 0.2) is 12.1 Å². The molecule has 1 aliphatic carbocycles. The van der Waals surface area contributed by atoms with Crippen LogP contribution < -0.4 is 10.2 Å². The molecule has 0 radical (unpaired) electrons. The second kappa shape index (κ2) is 6.82. The van der Waals surface area contributed by atoms with E-state index >= 15 is 0 Å². The molecule has 5 rings (SSSR count). The molecule has 1 N–H and O–H groups in total. The number of amides is 2. The fraction of sp³-hybridized carbons (Fsp3) is 0.667. The first-order chi connectivity index (χ1) is 13.9. The molecular weight excluding hydrogens is 394 g/mol. The molecule has 3 fully saturated rings. The summed E-state index contributed by atoms with van der Waals surface area (Å²) in [5.74, 6) is 2.43. The van der Waals surface area contributed by atoms with E-state index in [1.165, 1.54) is 6.42 Å². The first kappa shape index (κ1) is 18.6. The smallest absolute Gasteiger partial charge is 0.317 e. The van der Waals surface area contributed by atoms with Gasteiger partial charge in [-0.3, -0.25) is 0 Å². The van der Waals surface area contributed by atoms with Crippen LogP contribution in [-0.4, -0.2) is 82.9 Å². The zero-order chi connectivity index (χ0) is 20.2. The van der Waals surface area contributed by atoms with E-state index in [4.69, 9.17) is 5.10 Å². The molecule has 0 bridgehead atoms. The van der Waals surface area contributed by atoms with Gasteiger partial charge in [-0.2, -0.15) is 4.52 Å². The molecule has 11 heteroatoms. The highest BCUT2D eigenvalue weighted by Gasteiger charge is 2.36. The molecule has 0 aromatic carbocycles. The molecule has 29 heavy (non-hydrogen) atoms. The largest absolute Gasteiger partial charge is 0.351 e. The van der Waals surface area contributed by atoms with E-state index in [9.17, 15) is 13.2 Å². The minimum atomic E-state index is -3.01. The van der Waals surface area contributed by atoms with Crippen molar-refractivity contribution in [3.63, 3.8) is 0 Å². The van der Waals surface area contributed by atoms with Crippen LogP contribution in [0.25, 0.3) is 5.65 Å². The lowest BCUT2D eigenvalue weighted by molar-refractivity contribution is 0.175. The van der Waals surface area contributed by atoms with Crippen LogP contribution in [0.2, 0.25) is 0 Å². The molecule has 3 aliphatic rings. The number of sulfone groups is 1. The zero-order valence-corrected chi connectivity index (χ0v) is 17.2. The highest BCUT2D eigenvalue weighted by atomic mass is 32.2. The summed E-state index contributed by atoms with van der Waals surface area (Å²) < 4.78 is 25.0. The van der Waals surface area contributed by atoms with E-state index in [-0.39, 0.29) is 29.6 Å². The van der Waals surface area contributed by atoms with Gasteiger partial charge in [0.05, 0.1) is 17.5 Å². The van der Waals surface area contributed by atoms with Crippen molar-refractivity contribution < 1.29 is 13.2 Å². The third kappa shape index (κ3) is 3.41. The number of likely N-dealkylation sites (N-methyl/N-ethyl adjacent to an activating group) is 1. The van der Waals surface area contributed by atoms with Crippen molar-refractivity contribution in [2.24, 2.45) is 0 Å². The van der Waals surface area contributed by atoms with Gasteiger partial charge in [0.15, 0.2) is 21.3 Å². The van der Waals surface area contributed by atoms with Gasteiger partial charge in [0.2, 0.25) is 0 Å². The highest BCUT2D eigenvalue weighted by Crippen LogP contribution is 2.35. The molecular formula is C18H25N7O3S. The maximum absolute atomic E-state index is 12.5. The molecule has 2 saturated heterocycles. The summed E-state index contributed by atoms with van der Waals surface area (Å²) in [7, 11) is -1.25. The number of urea groups is 1. The Balaban J connectivity index is 1.20. The van der Waals surface area contributed by atoms with E-state index in [1.54, 1.807) is 11.9 Å². The third-order valence-corrected chi connectivity index (χ3v) is 8.13. The highest BCUT2D eigenvalue weighted by molar-refractivity contribution is 7.91. The van der Waals surface area contributed by atoms with Crippen LogP contribution in [0.3, 0.4) is 0 Å². The fourth-order valence-corrected chi connectivity index (χ4v) is 5.80.